The number of hydrogen-bond donors (Lipinski definition) is 0. The average Bonchev–Trinajstić information content (AvgIpc) is 3.53. The minimum absolute atomic E-state index is 0.0257. The van der Waals surface area contributed by atoms with Gasteiger partial charge in [0.05, 0.1) is 11.2 Å². The maximum absolute atomic E-state index is 2.53. The first-order valence-corrected chi connectivity index (χ1v) is 18.8. The van der Waals surface area contributed by atoms with Gasteiger partial charge in [0.1, 0.15) is 0 Å². The van der Waals surface area contributed by atoms with Crippen LogP contribution in [0.3, 0.4) is 0 Å². The van der Waals surface area contributed by atoms with Crippen LogP contribution < -0.4 is 4.90 Å². The number of fused-ring (bicyclic) bond motifs is 9. The molecule has 0 aliphatic heterocycles. The standard InChI is InChI=1S/C50H44N2/c1-48(2)41-20-13-12-18-37(41)38-26-24-35(31-44(38)48)51(36-28-29-50(5)43-22-15-14-21-42(43)49(3,4)47(50)32-36)34-25-27-46-40(30-34)39-19-10-7-11-23-45(39)52(46)33-16-8-6-9-17-33/h6,8-28,30-32H,7,29H2,1-5H3. The van der Waals surface area contributed by atoms with Gasteiger partial charge in [-0.3, -0.25) is 0 Å². The van der Waals surface area contributed by atoms with Crippen molar-refractivity contribution in [1.82, 2.24) is 4.57 Å². The molecule has 2 nitrogen and oxygen atoms in total. The van der Waals surface area contributed by atoms with Crippen LogP contribution in [0, 0.1) is 0 Å². The van der Waals surface area contributed by atoms with Gasteiger partial charge < -0.3 is 9.47 Å². The second-order valence-corrected chi connectivity index (χ2v) is 16.3. The molecule has 52 heavy (non-hydrogen) atoms. The molecule has 0 spiro atoms. The number of hydrogen-bond acceptors (Lipinski definition) is 1. The Kier molecular flexibility index (Phi) is 6.56. The summed E-state index contributed by atoms with van der Waals surface area (Å²) in [6.07, 6.45) is 16.1. The molecule has 1 aromatic heterocycles. The summed E-state index contributed by atoms with van der Waals surface area (Å²) >= 11 is 0. The van der Waals surface area contributed by atoms with E-state index in [0.29, 0.717) is 0 Å². The fourth-order valence-corrected chi connectivity index (χ4v) is 10.1. The van der Waals surface area contributed by atoms with E-state index in [4.69, 9.17) is 0 Å². The maximum atomic E-state index is 2.53. The zero-order chi connectivity index (χ0) is 35.4. The van der Waals surface area contributed by atoms with E-state index >= 15 is 0 Å². The van der Waals surface area contributed by atoms with Crippen LogP contribution in [-0.2, 0) is 16.2 Å². The molecule has 254 valence electrons. The fourth-order valence-electron chi connectivity index (χ4n) is 10.1. The second-order valence-electron chi connectivity index (χ2n) is 16.3. The molecule has 0 saturated carbocycles. The van der Waals surface area contributed by atoms with Crippen molar-refractivity contribution in [2.75, 3.05) is 4.90 Å². The lowest BCUT2D eigenvalue weighted by Crippen LogP contribution is -2.30. The van der Waals surface area contributed by atoms with E-state index in [0.717, 1.165) is 12.8 Å². The SMILES string of the molecule is CC1(C)C2=CC(N(c3ccc4c(c3)C(C)(C)c3ccccc3-4)c3ccc4c(c3)c3c(n4-c4ccccc4)C=CCC=C3)=CCC2(C)c2ccccc21. The molecule has 4 aliphatic rings. The first-order valence-electron chi connectivity index (χ1n) is 18.8. The first kappa shape index (κ1) is 31.2. The van der Waals surface area contributed by atoms with Gasteiger partial charge in [-0.05, 0) is 106 Å². The molecule has 0 N–H and O–H groups in total. The first-order chi connectivity index (χ1) is 25.2. The Bertz CT molecular complexity index is 2580. The molecule has 10 rings (SSSR count). The highest BCUT2D eigenvalue weighted by atomic mass is 15.1. The highest BCUT2D eigenvalue weighted by Crippen LogP contribution is 2.58. The van der Waals surface area contributed by atoms with Crippen LogP contribution in [0.5, 0.6) is 0 Å². The Morgan fingerprint density at radius 2 is 1.27 bits per heavy atom. The Morgan fingerprint density at radius 1 is 0.596 bits per heavy atom. The van der Waals surface area contributed by atoms with Crippen LogP contribution in [0.25, 0.3) is 39.9 Å². The number of anilines is 2. The third-order valence-electron chi connectivity index (χ3n) is 12.7. The molecule has 0 saturated heterocycles. The number of para-hydroxylation sites is 1. The highest BCUT2D eigenvalue weighted by molar-refractivity contribution is 5.98. The predicted octanol–water partition coefficient (Wildman–Crippen LogP) is 13.0. The lowest BCUT2D eigenvalue weighted by Gasteiger charge is -2.38. The summed E-state index contributed by atoms with van der Waals surface area (Å²) in [6.45, 7) is 12.0. The molecule has 0 fully saturated rings. The summed E-state index contributed by atoms with van der Waals surface area (Å²) < 4.78 is 2.42. The van der Waals surface area contributed by atoms with Crippen LogP contribution in [0.2, 0.25) is 0 Å². The molecule has 0 bridgehead atoms. The minimum Gasteiger partial charge on any atom is -0.311 e. The third kappa shape index (κ3) is 4.24. The van der Waals surface area contributed by atoms with E-state index < -0.39 is 0 Å². The van der Waals surface area contributed by atoms with E-state index in [9.17, 15) is 0 Å². The lowest BCUT2D eigenvalue weighted by atomic mass is 9.70. The summed E-state index contributed by atoms with van der Waals surface area (Å²) in [5.41, 5.74) is 18.2. The van der Waals surface area contributed by atoms with Gasteiger partial charge in [-0.25, -0.2) is 0 Å². The van der Waals surface area contributed by atoms with Gasteiger partial charge in [0.2, 0.25) is 0 Å². The number of benzene rings is 5. The molecule has 2 heteroatoms. The van der Waals surface area contributed by atoms with Crippen molar-refractivity contribution >= 4 is 34.4 Å². The molecule has 1 heterocycles. The molecule has 0 amide bonds. The van der Waals surface area contributed by atoms with Crippen molar-refractivity contribution in [3.63, 3.8) is 0 Å². The van der Waals surface area contributed by atoms with E-state index in [2.05, 4.69) is 196 Å². The van der Waals surface area contributed by atoms with Gasteiger partial charge in [0, 0.05) is 50.0 Å². The molecule has 1 unspecified atom stereocenters. The van der Waals surface area contributed by atoms with Gasteiger partial charge >= 0.3 is 0 Å². The number of allylic oxidation sites excluding steroid dienone is 5. The summed E-state index contributed by atoms with van der Waals surface area (Å²) in [5, 5.41) is 1.26. The van der Waals surface area contributed by atoms with Gasteiger partial charge in [0.25, 0.3) is 0 Å². The third-order valence-corrected chi connectivity index (χ3v) is 12.7. The highest BCUT2D eigenvalue weighted by Gasteiger charge is 2.50. The maximum Gasteiger partial charge on any atom is 0.0542 e. The zero-order valence-corrected chi connectivity index (χ0v) is 30.7. The molecule has 1 atom stereocenters. The summed E-state index contributed by atoms with van der Waals surface area (Å²) in [4.78, 5) is 2.53. The van der Waals surface area contributed by atoms with E-state index in [-0.39, 0.29) is 16.2 Å². The molecule has 5 aromatic carbocycles. The molecular formula is C50H44N2. The predicted molar refractivity (Wildman–Crippen MR) is 220 cm³/mol. The van der Waals surface area contributed by atoms with Crippen molar-refractivity contribution < 1.29 is 0 Å². The van der Waals surface area contributed by atoms with Crippen LogP contribution in [0.1, 0.15) is 81.0 Å². The molecule has 0 radical (unpaired) electrons. The van der Waals surface area contributed by atoms with Gasteiger partial charge in [-0.2, -0.15) is 0 Å². The summed E-state index contributed by atoms with van der Waals surface area (Å²) in [5.74, 6) is 0. The largest absolute Gasteiger partial charge is 0.311 e. The Labute approximate surface area is 307 Å². The van der Waals surface area contributed by atoms with Crippen molar-refractivity contribution in [3.05, 3.63) is 184 Å². The number of rotatable bonds is 4. The monoisotopic (exact) mass is 672 g/mol. The molecule has 4 aliphatic carbocycles. The van der Waals surface area contributed by atoms with Crippen LogP contribution in [0.15, 0.2) is 151 Å². The zero-order valence-electron chi connectivity index (χ0n) is 30.7. The molecule has 6 aromatic rings. The van der Waals surface area contributed by atoms with Crippen LogP contribution in [-0.4, -0.2) is 4.57 Å². The van der Waals surface area contributed by atoms with E-state index in [1.165, 1.54) is 83.9 Å². The minimum atomic E-state index is -0.0913. The Morgan fingerprint density at radius 3 is 2.10 bits per heavy atom. The molecular weight excluding hydrogens is 629 g/mol. The fraction of sp³-hybridized carbons (Fsp3) is 0.200. The Hall–Kier alpha value is -5.60. The quantitative estimate of drug-likeness (QED) is 0.181. The van der Waals surface area contributed by atoms with Crippen molar-refractivity contribution in [2.24, 2.45) is 0 Å². The van der Waals surface area contributed by atoms with Crippen LogP contribution >= 0.6 is 0 Å². The number of aromatic nitrogens is 1. The van der Waals surface area contributed by atoms with Gasteiger partial charge in [0.15, 0.2) is 0 Å². The average molecular weight is 673 g/mol. The van der Waals surface area contributed by atoms with Gasteiger partial charge in [-0.15, -0.1) is 0 Å². The van der Waals surface area contributed by atoms with Crippen molar-refractivity contribution in [1.29, 1.82) is 0 Å². The number of nitrogens with zero attached hydrogens (tertiary/aromatic N) is 2. The van der Waals surface area contributed by atoms with E-state index in [1.807, 2.05) is 0 Å². The summed E-state index contributed by atoms with van der Waals surface area (Å²) in [6, 6.07) is 43.1. The van der Waals surface area contributed by atoms with E-state index in [1.54, 1.807) is 0 Å². The normalized spacial score (nSPS) is 19.9. The topological polar surface area (TPSA) is 8.17 Å². The lowest BCUT2D eigenvalue weighted by molar-refractivity contribution is 0.508. The summed E-state index contributed by atoms with van der Waals surface area (Å²) in [7, 11) is 0. The van der Waals surface area contributed by atoms with Crippen molar-refractivity contribution in [3.8, 4) is 16.8 Å². The van der Waals surface area contributed by atoms with Crippen LogP contribution in [0.4, 0.5) is 11.4 Å². The second kappa shape index (κ2) is 11.0. The smallest absolute Gasteiger partial charge is 0.0542 e. The van der Waals surface area contributed by atoms with Gasteiger partial charge in [-0.1, -0.05) is 132 Å². The van der Waals surface area contributed by atoms with Crippen molar-refractivity contribution in [2.45, 2.75) is 63.7 Å². The Balaban J connectivity index is 1.20.